The number of benzene rings is 2. The summed E-state index contributed by atoms with van der Waals surface area (Å²) in [6, 6.07) is 9.40. The number of allylic oxidation sites excluding steroid dienone is 3. The summed E-state index contributed by atoms with van der Waals surface area (Å²) in [6.07, 6.45) is 11.4. The van der Waals surface area contributed by atoms with Crippen LogP contribution in [0.15, 0.2) is 65.5 Å². The quantitative estimate of drug-likeness (QED) is 0.0135. The average molecular weight is 1070 g/mol. The summed E-state index contributed by atoms with van der Waals surface area (Å²) < 4.78 is 25.2. The van der Waals surface area contributed by atoms with Crippen molar-refractivity contribution in [2.24, 2.45) is 11.0 Å². The highest BCUT2D eigenvalue weighted by Gasteiger charge is 2.43. The number of amides is 6. The van der Waals surface area contributed by atoms with Gasteiger partial charge in [0.25, 0.3) is 5.91 Å². The first-order valence-electron chi connectivity index (χ1n) is 26.1. The molecule has 3 heterocycles. The van der Waals surface area contributed by atoms with Gasteiger partial charge in [-0.3, -0.25) is 19.2 Å². The van der Waals surface area contributed by atoms with E-state index in [0.717, 1.165) is 42.0 Å². The molecule has 4 aliphatic rings. The van der Waals surface area contributed by atoms with Gasteiger partial charge in [-0.25, -0.2) is 14.2 Å². The second kappa shape index (κ2) is 30.2. The number of aromatic carboxylic acids is 1. The SMILES string of the molecule is CN(C)c1ccc2c(c1)OC1=CC(=[N+](C)C)C=CC1C2c1cc(C(=O)N[C@@H](CCCCN=[N+]=[N-])C(=O)NCC(=O)NCCCOCCOCCOCCCNC(=O)CCCC[C@@H]2SC[C@@H]3NC(=O)N[C@@H]32)ccc1C(=O)O. The lowest BCUT2D eigenvalue weighted by Crippen LogP contribution is -2.49. The Morgan fingerprint density at radius 2 is 1.62 bits per heavy atom. The molecular weight excluding hydrogens is 999 g/mol. The van der Waals surface area contributed by atoms with E-state index >= 15 is 0 Å². The van der Waals surface area contributed by atoms with Gasteiger partial charge in [0.05, 0.1) is 50.6 Å². The summed E-state index contributed by atoms with van der Waals surface area (Å²) in [7, 11) is 7.67. The molecule has 1 aliphatic carbocycles. The zero-order valence-corrected chi connectivity index (χ0v) is 44.8. The maximum absolute atomic E-state index is 14.1. The van der Waals surface area contributed by atoms with Crippen molar-refractivity contribution in [3.63, 3.8) is 0 Å². The van der Waals surface area contributed by atoms with Gasteiger partial charge in [0.1, 0.15) is 31.6 Å². The minimum atomic E-state index is -1.17. The Labute approximate surface area is 448 Å². The van der Waals surface area contributed by atoms with Crippen LogP contribution >= 0.6 is 11.8 Å². The van der Waals surface area contributed by atoms with Gasteiger partial charge in [0.2, 0.25) is 23.4 Å². The van der Waals surface area contributed by atoms with Crippen molar-refractivity contribution < 1.29 is 57.4 Å². The summed E-state index contributed by atoms with van der Waals surface area (Å²) >= 11 is 1.88. The number of carboxylic acid groups (broad SMARTS) is 1. The number of thioether (sulfide) groups is 1. The third-order valence-corrected chi connectivity index (χ3v) is 14.9. The number of rotatable bonds is 32. The number of hydrogen-bond donors (Lipinski definition) is 7. The minimum Gasteiger partial charge on any atom is -0.478 e. The predicted octanol–water partition coefficient (Wildman–Crippen LogP) is 4.24. The van der Waals surface area contributed by atoms with Crippen molar-refractivity contribution in [1.82, 2.24) is 31.9 Å². The molecule has 2 aromatic rings. The monoisotopic (exact) mass is 1070 g/mol. The summed E-state index contributed by atoms with van der Waals surface area (Å²) in [4.78, 5) is 81.7. The van der Waals surface area contributed by atoms with E-state index in [1.54, 1.807) is 6.07 Å². The van der Waals surface area contributed by atoms with Crippen molar-refractivity contribution in [3.8, 4) is 5.75 Å². The summed E-state index contributed by atoms with van der Waals surface area (Å²) in [5.41, 5.74) is 11.8. The van der Waals surface area contributed by atoms with E-state index in [0.29, 0.717) is 107 Å². The number of ether oxygens (including phenoxy) is 4. The Balaban J connectivity index is 0.880. The number of carbonyl (C=O) groups excluding carboxylic acids is 5. The smallest absolute Gasteiger partial charge is 0.335 e. The number of azide groups is 1. The molecule has 7 N–H and O–H groups in total. The molecule has 2 unspecified atom stereocenters. The van der Waals surface area contributed by atoms with E-state index in [-0.39, 0.29) is 54.7 Å². The molecule has 76 heavy (non-hydrogen) atoms. The van der Waals surface area contributed by atoms with Crippen LogP contribution < -0.4 is 41.5 Å². The van der Waals surface area contributed by atoms with Crippen LogP contribution in [0, 0.1) is 5.92 Å². The zero-order valence-electron chi connectivity index (χ0n) is 44.0. The second-order valence-electron chi connectivity index (χ2n) is 19.4. The third-order valence-electron chi connectivity index (χ3n) is 13.4. The zero-order chi connectivity index (χ0) is 54.4. The molecule has 3 aliphatic heterocycles. The van der Waals surface area contributed by atoms with E-state index in [4.69, 9.17) is 24.5 Å². The van der Waals surface area contributed by atoms with Gasteiger partial charge in [-0.15, -0.1) is 0 Å². The number of urea groups is 1. The molecule has 0 saturated carbocycles. The molecular formula is C53H74N11O11S+. The Morgan fingerprint density at radius 3 is 2.32 bits per heavy atom. The van der Waals surface area contributed by atoms with Crippen LogP contribution in [-0.2, 0) is 28.6 Å². The number of carboxylic acids is 1. The molecule has 0 bridgehead atoms. The van der Waals surface area contributed by atoms with Crippen LogP contribution in [0.25, 0.3) is 10.4 Å². The highest BCUT2D eigenvalue weighted by Crippen LogP contribution is 2.49. The molecule has 23 heteroatoms. The van der Waals surface area contributed by atoms with Gasteiger partial charge < -0.3 is 60.9 Å². The molecule has 6 amide bonds. The third kappa shape index (κ3) is 17.5. The summed E-state index contributed by atoms with van der Waals surface area (Å²) in [5, 5.41) is 31.5. The molecule has 0 spiro atoms. The maximum atomic E-state index is 14.1. The second-order valence-corrected chi connectivity index (χ2v) is 20.6. The number of unbranched alkanes of at least 4 members (excludes halogenated alkanes) is 2. The standard InChI is InChI=1S/C53H73N11O11S/c1-63(2)35-15-18-38-43(30-35)75-44-31-36(64(3)4)16-19-39(44)48(38)40-29-34(14-17-37(40)52(69)70)50(67)59-41(11-7-8-22-58-62-54)51(68)57-32-47(66)56-21-10-24-73-26-28-74-27-25-72-23-9-20-55-46(65)13-6-5-12-45-49-42(33-76-45)60-53(71)61-49/h14-19,29-31,38,41-42,45,48-49H,5-13,20-28,32-33H2,1-4H3,(H6-,55,56,57,59,60,61,65,66,67,68,69,70,71)/p+1/t38?,41-,42-,45-,48?,49-/m0/s1. The molecule has 2 aromatic carbocycles. The van der Waals surface area contributed by atoms with E-state index in [2.05, 4.69) is 41.9 Å². The van der Waals surface area contributed by atoms with Gasteiger partial charge in [-0.2, -0.15) is 11.8 Å². The van der Waals surface area contributed by atoms with E-state index in [9.17, 15) is 33.9 Å². The number of nitrogens with zero attached hydrogens (tertiary/aromatic N) is 5. The highest BCUT2D eigenvalue weighted by atomic mass is 32.2. The Morgan fingerprint density at radius 1 is 0.895 bits per heavy atom. The van der Waals surface area contributed by atoms with Crippen LogP contribution in [0.1, 0.15) is 95.5 Å². The molecule has 22 nitrogen and oxygen atoms in total. The number of hydrogen-bond acceptors (Lipinski definition) is 13. The van der Waals surface area contributed by atoms with Crippen molar-refractivity contribution in [1.29, 1.82) is 0 Å². The van der Waals surface area contributed by atoms with E-state index in [1.165, 1.54) is 12.1 Å². The normalized spacial score (nSPS) is 19.3. The number of nitrogens with one attached hydrogen (secondary N) is 6. The fraction of sp³-hybridized carbons (Fsp3) is 0.566. The topological polar surface area (TPSA) is 287 Å². The van der Waals surface area contributed by atoms with Gasteiger partial charge in [-0.1, -0.05) is 30.1 Å². The molecule has 0 aromatic heterocycles. The van der Waals surface area contributed by atoms with Crippen LogP contribution in [0.5, 0.6) is 5.75 Å². The van der Waals surface area contributed by atoms with Gasteiger partial charge in [-0.05, 0) is 73.9 Å². The molecule has 2 saturated heterocycles. The molecule has 2 fully saturated rings. The first-order chi connectivity index (χ1) is 36.7. The van der Waals surface area contributed by atoms with Crippen molar-refractivity contribution >= 4 is 58.8 Å². The molecule has 6 atom stereocenters. The summed E-state index contributed by atoms with van der Waals surface area (Å²) in [6.45, 7) is 3.14. The largest absolute Gasteiger partial charge is 0.478 e. The first-order valence-corrected chi connectivity index (χ1v) is 27.1. The minimum absolute atomic E-state index is 0.0156. The van der Waals surface area contributed by atoms with Gasteiger partial charge >= 0.3 is 12.0 Å². The number of fused-ring (bicyclic) bond motifs is 3. The van der Waals surface area contributed by atoms with Crippen molar-refractivity contribution in [2.45, 2.75) is 87.1 Å². The number of anilines is 1. The fourth-order valence-corrected chi connectivity index (χ4v) is 10.9. The van der Waals surface area contributed by atoms with Crippen LogP contribution in [0.3, 0.4) is 0 Å². The Bertz CT molecular complexity index is 2510. The lowest BCUT2D eigenvalue weighted by molar-refractivity contribution is -0.462. The molecule has 412 valence electrons. The van der Waals surface area contributed by atoms with E-state index in [1.807, 2.05) is 85.9 Å². The lowest BCUT2D eigenvalue weighted by Gasteiger charge is -2.36. The van der Waals surface area contributed by atoms with Crippen molar-refractivity contribution in [2.75, 3.05) is 105 Å². The van der Waals surface area contributed by atoms with Gasteiger partial charge in [0.15, 0.2) is 0 Å². The summed E-state index contributed by atoms with van der Waals surface area (Å²) in [5.74, 6) is -1.58. The molecule has 6 rings (SSSR count). The first kappa shape index (κ1) is 58.6. The Hall–Kier alpha value is -6.65. The van der Waals surface area contributed by atoms with Crippen molar-refractivity contribution in [3.05, 3.63) is 93.1 Å². The van der Waals surface area contributed by atoms with E-state index < -0.39 is 41.6 Å². The number of carbonyl (C=O) groups is 6. The van der Waals surface area contributed by atoms with Gasteiger partial charge in [0, 0.05) is 116 Å². The lowest BCUT2D eigenvalue weighted by atomic mass is 9.74. The van der Waals surface area contributed by atoms with Crippen LogP contribution in [0.2, 0.25) is 0 Å². The fourth-order valence-electron chi connectivity index (χ4n) is 9.37. The Kier molecular flexibility index (Phi) is 23.3. The maximum Gasteiger partial charge on any atom is 0.335 e. The van der Waals surface area contributed by atoms with Crippen LogP contribution in [-0.4, -0.2) is 174 Å². The average Bonchev–Trinajstić information content (AvgIpc) is 3.99. The van der Waals surface area contributed by atoms with Crippen LogP contribution in [0.4, 0.5) is 10.5 Å². The molecule has 0 radical (unpaired) electrons. The predicted molar refractivity (Wildman–Crippen MR) is 288 cm³/mol. The highest BCUT2D eigenvalue weighted by molar-refractivity contribution is 8.00.